The van der Waals surface area contributed by atoms with Crippen molar-refractivity contribution in [2.75, 3.05) is 12.3 Å². The number of thiol groups is 1. The average molecular weight is 554 g/mol. The number of benzene rings is 1. The normalized spacial score (nSPS) is 14.0. The maximum atomic E-state index is 13.3. The van der Waals surface area contributed by atoms with Crippen LogP contribution in [-0.2, 0) is 25.6 Å². The van der Waals surface area contributed by atoms with Gasteiger partial charge in [-0.15, -0.1) is 0 Å². The van der Waals surface area contributed by atoms with E-state index in [1.165, 1.54) is 12.1 Å². The molecule has 1 aromatic carbocycles. The molecule has 38 heavy (non-hydrogen) atoms. The Bertz CT molecular complexity index is 970. The number of amides is 3. The lowest BCUT2D eigenvalue weighted by molar-refractivity contribution is -0.141. The molecule has 1 aromatic rings. The molecule has 0 aliphatic heterocycles. The molecule has 4 unspecified atom stereocenters. The Balaban J connectivity index is 3.06. The fraction of sp³-hybridized carbons (Fsp3) is 0.542. The van der Waals surface area contributed by atoms with Crippen LogP contribution in [0.2, 0.25) is 0 Å². The van der Waals surface area contributed by atoms with Crippen molar-refractivity contribution >= 4 is 42.3 Å². The number of rotatable bonds is 16. The number of guanidine groups is 1. The first-order valence-corrected chi connectivity index (χ1v) is 12.8. The number of hydrogen-bond donors (Lipinski definition) is 9. The first kappa shape index (κ1) is 32.5. The number of phenols is 1. The number of nitrogens with zero attached hydrogens (tertiary/aromatic N) is 1. The van der Waals surface area contributed by atoms with Crippen molar-refractivity contribution in [3.63, 3.8) is 0 Å². The minimum Gasteiger partial charge on any atom is -0.508 e. The second-order valence-corrected chi connectivity index (χ2v) is 9.62. The van der Waals surface area contributed by atoms with Crippen molar-refractivity contribution in [1.29, 1.82) is 0 Å². The molecule has 0 bridgehead atoms. The highest BCUT2D eigenvalue weighted by atomic mass is 32.1. The molecule has 0 radical (unpaired) electrons. The molecule has 0 heterocycles. The second-order valence-electron chi connectivity index (χ2n) is 9.26. The third-order valence-electron chi connectivity index (χ3n) is 5.45. The van der Waals surface area contributed by atoms with E-state index in [0.29, 0.717) is 12.0 Å². The summed E-state index contributed by atoms with van der Waals surface area (Å²) < 4.78 is 0. The number of carboxylic acid groups (broad SMARTS) is 1. The highest BCUT2D eigenvalue weighted by molar-refractivity contribution is 7.80. The number of hydrogen-bond acceptors (Lipinski definition) is 8. The fourth-order valence-electron chi connectivity index (χ4n) is 3.44. The predicted molar refractivity (Wildman–Crippen MR) is 146 cm³/mol. The smallest absolute Gasteiger partial charge is 0.327 e. The number of carbonyl (C=O) groups excluding carboxylic acids is 3. The van der Waals surface area contributed by atoms with Gasteiger partial charge in [-0.05, 0) is 42.9 Å². The van der Waals surface area contributed by atoms with Gasteiger partial charge in [0.25, 0.3) is 0 Å². The Hall–Kier alpha value is -3.52. The molecule has 1 rings (SSSR count). The van der Waals surface area contributed by atoms with Crippen LogP contribution in [0.15, 0.2) is 29.3 Å². The van der Waals surface area contributed by atoms with Gasteiger partial charge in [0.2, 0.25) is 17.7 Å². The van der Waals surface area contributed by atoms with E-state index < -0.39 is 47.9 Å². The average Bonchev–Trinajstić information content (AvgIpc) is 2.84. The second kappa shape index (κ2) is 16.3. The van der Waals surface area contributed by atoms with Crippen LogP contribution < -0.4 is 33.2 Å². The Morgan fingerprint density at radius 1 is 0.947 bits per heavy atom. The lowest BCUT2D eigenvalue weighted by atomic mass is 10.0. The SMILES string of the molecule is CC(C)CC(NC(=O)C(Cc1ccc(O)cc1)NC(=O)C(N)CCCN=C(N)N)C(=O)NC(CS)C(=O)O. The Morgan fingerprint density at radius 2 is 1.50 bits per heavy atom. The Kier molecular flexibility index (Phi) is 14.0. The van der Waals surface area contributed by atoms with E-state index in [1.54, 1.807) is 12.1 Å². The van der Waals surface area contributed by atoms with Crippen LogP contribution >= 0.6 is 12.6 Å². The molecule has 0 saturated heterocycles. The number of carboxylic acids is 1. The van der Waals surface area contributed by atoms with E-state index in [9.17, 15) is 29.4 Å². The van der Waals surface area contributed by atoms with E-state index in [1.807, 2.05) is 13.8 Å². The third-order valence-corrected chi connectivity index (χ3v) is 5.82. The summed E-state index contributed by atoms with van der Waals surface area (Å²) in [5, 5.41) is 26.5. The first-order chi connectivity index (χ1) is 17.8. The Labute approximate surface area is 227 Å². The maximum absolute atomic E-state index is 13.3. The molecule has 13 nitrogen and oxygen atoms in total. The van der Waals surface area contributed by atoms with Gasteiger partial charge in [-0.2, -0.15) is 12.6 Å². The maximum Gasteiger partial charge on any atom is 0.327 e. The van der Waals surface area contributed by atoms with Gasteiger partial charge >= 0.3 is 5.97 Å². The van der Waals surface area contributed by atoms with Gasteiger partial charge in [0.1, 0.15) is 23.9 Å². The van der Waals surface area contributed by atoms with Crippen LogP contribution in [0.25, 0.3) is 0 Å². The lowest BCUT2D eigenvalue weighted by Crippen LogP contribution is -2.58. The number of aliphatic carboxylic acids is 1. The molecular formula is C24H39N7O6S. The standard InChI is InChI=1S/C24H39N7O6S/c1-13(2)10-17(21(34)31-19(12-38)23(36)37)30-22(35)18(11-14-5-7-15(32)8-6-14)29-20(33)16(25)4-3-9-28-24(26)27/h5-8,13,16-19,32,38H,3-4,9-12,25H2,1-2H3,(H,29,33)(H,30,35)(H,31,34)(H,36,37)(H4,26,27,28). The number of nitrogens with one attached hydrogen (secondary N) is 3. The minimum absolute atomic E-state index is 0.0193. The number of phenolic OH excluding ortho intramolecular Hbond substituents is 1. The van der Waals surface area contributed by atoms with Crippen LogP contribution in [0.1, 0.15) is 38.7 Å². The molecule has 0 aromatic heterocycles. The highest BCUT2D eigenvalue weighted by Gasteiger charge is 2.30. The molecule has 0 fully saturated rings. The third kappa shape index (κ3) is 12.1. The zero-order chi connectivity index (χ0) is 28.8. The van der Waals surface area contributed by atoms with Crippen molar-refractivity contribution in [2.45, 2.75) is 63.7 Å². The van der Waals surface area contributed by atoms with Gasteiger partial charge in [-0.25, -0.2) is 4.79 Å². The van der Waals surface area contributed by atoms with Crippen molar-refractivity contribution in [1.82, 2.24) is 16.0 Å². The van der Waals surface area contributed by atoms with E-state index in [-0.39, 0.29) is 49.2 Å². The molecule has 11 N–H and O–H groups in total. The van der Waals surface area contributed by atoms with Gasteiger partial charge in [0, 0.05) is 18.7 Å². The van der Waals surface area contributed by atoms with E-state index in [0.717, 1.165) is 0 Å². The topological polar surface area (TPSA) is 235 Å². The van der Waals surface area contributed by atoms with Gasteiger partial charge < -0.3 is 43.4 Å². The number of carbonyl (C=O) groups is 4. The van der Waals surface area contributed by atoms with E-state index in [4.69, 9.17) is 17.2 Å². The van der Waals surface area contributed by atoms with Gasteiger partial charge in [0.15, 0.2) is 5.96 Å². The predicted octanol–water partition coefficient (Wildman–Crippen LogP) is -1.17. The zero-order valence-electron chi connectivity index (χ0n) is 21.6. The van der Waals surface area contributed by atoms with E-state index in [2.05, 4.69) is 33.6 Å². The van der Waals surface area contributed by atoms with Crippen LogP contribution in [0.3, 0.4) is 0 Å². The summed E-state index contributed by atoms with van der Waals surface area (Å²) in [4.78, 5) is 54.1. The molecule has 212 valence electrons. The zero-order valence-corrected chi connectivity index (χ0v) is 22.5. The first-order valence-electron chi connectivity index (χ1n) is 12.2. The molecule has 0 aliphatic rings. The summed E-state index contributed by atoms with van der Waals surface area (Å²) in [7, 11) is 0. The summed E-state index contributed by atoms with van der Waals surface area (Å²) in [6.07, 6.45) is 0.965. The molecule has 3 amide bonds. The summed E-state index contributed by atoms with van der Waals surface area (Å²) in [5.74, 6) is -3.37. The van der Waals surface area contributed by atoms with Crippen molar-refractivity contribution in [2.24, 2.45) is 28.1 Å². The summed E-state index contributed by atoms with van der Waals surface area (Å²) >= 11 is 3.95. The molecule has 0 saturated carbocycles. The summed E-state index contributed by atoms with van der Waals surface area (Å²) in [6.45, 7) is 3.98. The quantitative estimate of drug-likeness (QED) is 0.0518. The van der Waals surface area contributed by atoms with Crippen molar-refractivity contribution in [3.8, 4) is 5.75 Å². The van der Waals surface area contributed by atoms with Gasteiger partial charge in [-0.1, -0.05) is 26.0 Å². The highest BCUT2D eigenvalue weighted by Crippen LogP contribution is 2.13. The van der Waals surface area contributed by atoms with Crippen molar-refractivity contribution in [3.05, 3.63) is 29.8 Å². The Morgan fingerprint density at radius 3 is 2.03 bits per heavy atom. The van der Waals surface area contributed by atoms with Crippen LogP contribution in [0.5, 0.6) is 5.75 Å². The van der Waals surface area contributed by atoms with Crippen molar-refractivity contribution < 1.29 is 29.4 Å². The van der Waals surface area contributed by atoms with Crippen LogP contribution in [0, 0.1) is 5.92 Å². The van der Waals surface area contributed by atoms with Gasteiger partial charge in [-0.3, -0.25) is 19.4 Å². The molecular weight excluding hydrogens is 514 g/mol. The monoisotopic (exact) mass is 553 g/mol. The largest absolute Gasteiger partial charge is 0.508 e. The summed E-state index contributed by atoms with van der Waals surface area (Å²) in [5.41, 5.74) is 17.2. The fourth-order valence-corrected chi connectivity index (χ4v) is 3.69. The van der Waals surface area contributed by atoms with Crippen LogP contribution in [0.4, 0.5) is 0 Å². The minimum atomic E-state index is -1.26. The number of aromatic hydroxyl groups is 1. The molecule has 0 spiro atoms. The molecule has 4 atom stereocenters. The van der Waals surface area contributed by atoms with E-state index >= 15 is 0 Å². The number of nitrogens with two attached hydrogens (primary N) is 3. The van der Waals surface area contributed by atoms with Crippen LogP contribution in [-0.4, -0.2) is 76.3 Å². The molecule has 0 aliphatic carbocycles. The summed E-state index contributed by atoms with van der Waals surface area (Å²) in [6, 6.07) is 1.73. The molecule has 14 heteroatoms. The number of aliphatic imine (C=N–C) groups is 1. The lowest BCUT2D eigenvalue weighted by Gasteiger charge is -2.26. The van der Waals surface area contributed by atoms with Gasteiger partial charge in [0.05, 0.1) is 6.04 Å².